The van der Waals surface area contributed by atoms with Crippen LogP contribution < -0.4 is 0 Å². The molecule has 0 radical (unpaired) electrons. The maximum atomic E-state index is 3.56. The molecular formula is C28H28BrNSi. The second kappa shape index (κ2) is 11.2. The lowest BCUT2D eigenvalue weighted by Crippen LogP contribution is -2.33. The van der Waals surface area contributed by atoms with Gasteiger partial charge >= 0.3 is 0 Å². The van der Waals surface area contributed by atoms with Crippen LogP contribution in [0.5, 0.6) is 0 Å². The topological polar surface area (TPSA) is 3.24 Å². The molecule has 0 amide bonds. The molecule has 3 aromatic rings. The highest BCUT2D eigenvalue weighted by atomic mass is 79.9. The number of hydrogen-bond donors (Lipinski definition) is 0. The van der Waals surface area contributed by atoms with E-state index in [4.69, 9.17) is 0 Å². The van der Waals surface area contributed by atoms with Crippen LogP contribution in [0.15, 0.2) is 89.4 Å². The number of halogens is 1. The van der Waals surface area contributed by atoms with Crippen LogP contribution in [0.4, 0.5) is 0 Å². The van der Waals surface area contributed by atoms with Gasteiger partial charge in [0.25, 0.3) is 0 Å². The highest BCUT2D eigenvalue weighted by Crippen LogP contribution is 2.15. The summed E-state index contributed by atoms with van der Waals surface area (Å²) in [7, 11) is -1.53. The number of nitrogens with zero attached hydrogens (tertiary/aromatic N) is 1. The minimum atomic E-state index is -1.53. The summed E-state index contributed by atoms with van der Waals surface area (Å²) in [6.07, 6.45) is 0. The summed E-state index contributed by atoms with van der Waals surface area (Å²) in [5, 5.41) is 0. The molecule has 3 aromatic carbocycles. The van der Waals surface area contributed by atoms with E-state index in [1.165, 1.54) is 11.1 Å². The van der Waals surface area contributed by atoms with Gasteiger partial charge in [-0.1, -0.05) is 114 Å². The average molecular weight is 487 g/mol. The average Bonchev–Trinajstić information content (AvgIpc) is 2.75. The molecule has 0 aliphatic heterocycles. The first-order valence-corrected chi connectivity index (χ1v) is 14.8. The quantitative estimate of drug-likeness (QED) is 0.285. The SMILES string of the molecule is C[Si](C)(C)C#C[C@H](C#Cc1ccc(Br)cc1)N(Cc1ccccc1)Cc1ccccc1. The van der Waals surface area contributed by atoms with E-state index in [1.54, 1.807) is 0 Å². The molecule has 0 saturated carbocycles. The van der Waals surface area contributed by atoms with Crippen LogP contribution in [0, 0.1) is 23.3 Å². The zero-order valence-corrected chi connectivity index (χ0v) is 21.0. The van der Waals surface area contributed by atoms with Gasteiger partial charge in [0.05, 0.1) is 0 Å². The summed E-state index contributed by atoms with van der Waals surface area (Å²) in [4.78, 5) is 2.38. The largest absolute Gasteiger partial charge is 0.271 e. The third-order valence-corrected chi connectivity index (χ3v) is 6.03. The van der Waals surface area contributed by atoms with Gasteiger partial charge in [-0.3, -0.25) is 4.90 Å². The Kier molecular flexibility index (Phi) is 8.32. The van der Waals surface area contributed by atoms with E-state index < -0.39 is 8.07 Å². The molecule has 0 aliphatic rings. The van der Waals surface area contributed by atoms with Crippen molar-refractivity contribution in [3.63, 3.8) is 0 Å². The second-order valence-electron chi connectivity index (χ2n) is 8.57. The summed E-state index contributed by atoms with van der Waals surface area (Å²) >= 11 is 3.50. The molecule has 156 valence electrons. The summed E-state index contributed by atoms with van der Waals surface area (Å²) in [6.45, 7) is 8.43. The van der Waals surface area contributed by atoms with Gasteiger partial charge in [-0.2, -0.15) is 0 Å². The van der Waals surface area contributed by atoms with E-state index in [1.807, 2.05) is 24.3 Å². The van der Waals surface area contributed by atoms with Crippen molar-refractivity contribution in [3.05, 3.63) is 106 Å². The van der Waals surface area contributed by atoms with E-state index in [0.29, 0.717) is 0 Å². The van der Waals surface area contributed by atoms with Crippen molar-refractivity contribution in [2.24, 2.45) is 0 Å². The van der Waals surface area contributed by atoms with Gasteiger partial charge in [0, 0.05) is 23.1 Å². The van der Waals surface area contributed by atoms with Gasteiger partial charge in [-0.15, -0.1) is 5.54 Å². The minimum absolute atomic E-state index is 0.143. The van der Waals surface area contributed by atoms with Gasteiger partial charge in [-0.25, -0.2) is 0 Å². The fourth-order valence-electron chi connectivity index (χ4n) is 3.06. The molecule has 0 unspecified atom stereocenters. The standard InChI is InChI=1S/C28H28BrNSi/c1-31(2,3)21-20-28(19-16-24-14-17-27(29)18-15-24)30(22-25-10-6-4-7-11-25)23-26-12-8-5-9-13-26/h4-15,17-18,28H,22-23H2,1-3H3/t28-/m0/s1. The van der Waals surface area contributed by atoms with Gasteiger partial charge in [0.15, 0.2) is 0 Å². The Bertz CT molecular complexity index is 1040. The van der Waals surface area contributed by atoms with Crippen molar-refractivity contribution in [3.8, 4) is 23.3 Å². The fourth-order valence-corrected chi connectivity index (χ4v) is 3.90. The molecule has 31 heavy (non-hydrogen) atoms. The smallest absolute Gasteiger partial charge is 0.134 e. The maximum absolute atomic E-state index is 3.56. The molecule has 0 saturated heterocycles. The molecule has 0 fully saturated rings. The summed E-state index contributed by atoms with van der Waals surface area (Å²) in [5.41, 5.74) is 7.09. The zero-order valence-electron chi connectivity index (χ0n) is 18.4. The first-order chi connectivity index (χ1) is 14.9. The van der Waals surface area contributed by atoms with E-state index in [2.05, 4.69) is 124 Å². The van der Waals surface area contributed by atoms with Gasteiger partial charge in [-0.05, 0) is 35.4 Å². The Morgan fingerprint density at radius 3 is 1.74 bits per heavy atom. The van der Waals surface area contributed by atoms with Crippen molar-refractivity contribution in [2.45, 2.75) is 38.8 Å². The molecule has 3 heteroatoms. The van der Waals surface area contributed by atoms with Gasteiger partial charge in [0.2, 0.25) is 0 Å². The van der Waals surface area contributed by atoms with E-state index in [-0.39, 0.29) is 6.04 Å². The van der Waals surface area contributed by atoms with Gasteiger partial charge in [0.1, 0.15) is 14.1 Å². The third kappa shape index (κ3) is 8.23. The van der Waals surface area contributed by atoms with Crippen molar-refractivity contribution in [1.29, 1.82) is 0 Å². The first-order valence-electron chi connectivity index (χ1n) is 10.5. The Balaban J connectivity index is 1.97. The predicted octanol–water partition coefficient (Wildman–Crippen LogP) is 6.75. The Labute approximate surface area is 196 Å². The Morgan fingerprint density at radius 2 is 1.26 bits per heavy atom. The molecule has 0 aromatic heterocycles. The molecule has 0 spiro atoms. The van der Waals surface area contributed by atoms with Crippen LogP contribution in [-0.4, -0.2) is 19.0 Å². The molecule has 3 rings (SSSR count). The molecule has 0 aliphatic carbocycles. The number of rotatable bonds is 5. The Morgan fingerprint density at radius 1 is 0.742 bits per heavy atom. The van der Waals surface area contributed by atoms with Crippen molar-refractivity contribution in [2.75, 3.05) is 0 Å². The lowest BCUT2D eigenvalue weighted by molar-refractivity contribution is 0.253. The second-order valence-corrected chi connectivity index (χ2v) is 14.2. The Hall–Kier alpha value is -2.56. The lowest BCUT2D eigenvalue weighted by atomic mass is 10.1. The third-order valence-electron chi connectivity index (χ3n) is 4.60. The van der Waals surface area contributed by atoms with Crippen LogP contribution in [0.2, 0.25) is 19.6 Å². The summed E-state index contributed by atoms with van der Waals surface area (Å²) in [5.74, 6) is 10.4. The summed E-state index contributed by atoms with van der Waals surface area (Å²) in [6, 6.07) is 29.1. The molecular weight excluding hydrogens is 458 g/mol. The minimum Gasteiger partial charge on any atom is -0.271 e. The van der Waals surface area contributed by atoms with E-state index in [0.717, 1.165) is 23.1 Å². The number of benzene rings is 3. The van der Waals surface area contributed by atoms with Crippen LogP contribution in [0.3, 0.4) is 0 Å². The van der Waals surface area contributed by atoms with Crippen LogP contribution in [-0.2, 0) is 13.1 Å². The molecule has 0 heterocycles. The van der Waals surface area contributed by atoms with Crippen molar-refractivity contribution in [1.82, 2.24) is 4.90 Å². The fraction of sp³-hybridized carbons (Fsp3) is 0.214. The zero-order chi connectivity index (χ0) is 22.1. The molecule has 0 N–H and O–H groups in total. The molecule has 0 bridgehead atoms. The predicted molar refractivity (Wildman–Crippen MR) is 138 cm³/mol. The van der Waals surface area contributed by atoms with E-state index >= 15 is 0 Å². The lowest BCUT2D eigenvalue weighted by Gasteiger charge is -2.26. The first kappa shape index (κ1) is 23.1. The molecule has 1 atom stereocenters. The van der Waals surface area contributed by atoms with Crippen molar-refractivity contribution < 1.29 is 0 Å². The van der Waals surface area contributed by atoms with Gasteiger partial charge < -0.3 is 0 Å². The highest BCUT2D eigenvalue weighted by molar-refractivity contribution is 9.10. The van der Waals surface area contributed by atoms with Crippen LogP contribution in [0.1, 0.15) is 16.7 Å². The van der Waals surface area contributed by atoms with Crippen molar-refractivity contribution >= 4 is 24.0 Å². The maximum Gasteiger partial charge on any atom is 0.134 e. The van der Waals surface area contributed by atoms with Crippen LogP contribution in [0.25, 0.3) is 0 Å². The normalized spacial score (nSPS) is 11.8. The van der Waals surface area contributed by atoms with E-state index in [9.17, 15) is 0 Å². The highest BCUT2D eigenvalue weighted by Gasteiger charge is 2.17. The number of hydrogen-bond acceptors (Lipinski definition) is 1. The van der Waals surface area contributed by atoms with Crippen LogP contribution >= 0.6 is 15.9 Å². The monoisotopic (exact) mass is 485 g/mol. The molecule has 1 nitrogen and oxygen atoms in total. The summed E-state index contributed by atoms with van der Waals surface area (Å²) < 4.78 is 1.06.